The number of nitrogens with two attached hydrogens (primary N) is 1. The summed E-state index contributed by atoms with van der Waals surface area (Å²) in [4.78, 5) is 12.8. The van der Waals surface area contributed by atoms with Gasteiger partial charge in [0.25, 0.3) is 0 Å². The molecule has 2 atom stereocenters. The summed E-state index contributed by atoms with van der Waals surface area (Å²) in [5.74, 6) is -0.165. The average molecular weight is 419 g/mol. The molecule has 2 aromatic rings. The zero-order valence-corrected chi connectivity index (χ0v) is 18.1. The molecule has 6 heteroatoms. The van der Waals surface area contributed by atoms with E-state index in [1.54, 1.807) is 0 Å². The van der Waals surface area contributed by atoms with Gasteiger partial charge in [0.15, 0.2) is 0 Å². The fraction of sp³-hybridized carbons (Fsp3) is 0.435. The molecule has 1 amide bonds. The minimum atomic E-state index is -0.926. The Morgan fingerprint density at radius 2 is 1.66 bits per heavy atom. The van der Waals surface area contributed by atoms with Crippen molar-refractivity contribution < 1.29 is 14.3 Å². The van der Waals surface area contributed by atoms with Crippen LogP contribution in [0.1, 0.15) is 38.3 Å². The topological polar surface area (TPSA) is 73.6 Å². The van der Waals surface area contributed by atoms with Crippen LogP contribution < -0.4 is 11.1 Å². The third-order valence-electron chi connectivity index (χ3n) is 5.83. The van der Waals surface area contributed by atoms with E-state index in [1.165, 1.54) is 0 Å². The summed E-state index contributed by atoms with van der Waals surface area (Å²) in [5.41, 5.74) is 8.03. The van der Waals surface area contributed by atoms with Gasteiger partial charge in [0, 0.05) is 24.1 Å². The van der Waals surface area contributed by atoms with Crippen molar-refractivity contribution in [3.63, 3.8) is 0 Å². The van der Waals surface area contributed by atoms with Gasteiger partial charge in [-0.15, -0.1) is 12.4 Å². The van der Waals surface area contributed by atoms with Crippen LogP contribution in [0.5, 0.6) is 0 Å². The molecule has 0 bridgehead atoms. The minimum Gasteiger partial charge on any atom is -0.378 e. The fourth-order valence-corrected chi connectivity index (χ4v) is 3.61. The number of benzene rings is 2. The smallest absolute Gasteiger partial charge is 0.245 e. The van der Waals surface area contributed by atoms with Gasteiger partial charge in [-0.3, -0.25) is 4.79 Å². The van der Waals surface area contributed by atoms with Gasteiger partial charge < -0.3 is 20.5 Å². The maximum Gasteiger partial charge on any atom is 0.245 e. The van der Waals surface area contributed by atoms with Crippen LogP contribution in [0.4, 0.5) is 5.69 Å². The molecule has 1 fully saturated rings. The van der Waals surface area contributed by atoms with Gasteiger partial charge in [-0.1, -0.05) is 56.3 Å². The summed E-state index contributed by atoms with van der Waals surface area (Å²) >= 11 is 0. The van der Waals surface area contributed by atoms with E-state index in [-0.39, 0.29) is 24.4 Å². The molecular weight excluding hydrogens is 388 g/mol. The first-order valence-corrected chi connectivity index (χ1v) is 9.79. The highest BCUT2D eigenvalue weighted by atomic mass is 35.5. The van der Waals surface area contributed by atoms with Crippen LogP contribution in [0.15, 0.2) is 54.6 Å². The number of hydrogen-bond donors (Lipinski definition) is 2. The van der Waals surface area contributed by atoms with Gasteiger partial charge in [0.1, 0.15) is 5.54 Å². The van der Waals surface area contributed by atoms with E-state index >= 15 is 0 Å². The molecular formula is C23H31ClN2O3. The third kappa shape index (κ3) is 4.98. The lowest BCUT2D eigenvalue weighted by atomic mass is 9.54. The number of ether oxygens (including phenoxy) is 2. The first-order valence-electron chi connectivity index (χ1n) is 9.79. The Balaban J connectivity index is 0.00000300. The number of anilines is 1. The quantitative estimate of drug-likeness (QED) is 0.670. The van der Waals surface area contributed by atoms with Crippen LogP contribution in [-0.2, 0) is 27.5 Å². The summed E-state index contributed by atoms with van der Waals surface area (Å²) in [5, 5.41) is 2.95. The number of nitrogens with one attached hydrogen (secondary N) is 1. The van der Waals surface area contributed by atoms with Crippen molar-refractivity contribution in [1.82, 2.24) is 0 Å². The van der Waals surface area contributed by atoms with E-state index < -0.39 is 11.0 Å². The highest BCUT2D eigenvalue weighted by molar-refractivity contribution is 5.99. The Kier molecular flexibility index (Phi) is 7.83. The average Bonchev–Trinajstić information content (AvgIpc) is 2.69. The maximum atomic E-state index is 12.8. The largest absolute Gasteiger partial charge is 0.378 e. The van der Waals surface area contributed by atoms with Gasteiger partial charge in [0.05, 0.1) is 19.3 Å². The molecule has 0 aromatic heterocycles. The SMILES string of the molecule is CCOC1CC(N)(C(=O)Nc2ccc(COCc3ccccc3)cc2)C1(C)C.Cl. The van der Waals surface area contributed by atoms with Crippen molar-refractivity contribution in [2.24, 2.45) is 11.1 Å². The second-order valence-corrected chi connectivity index (χ2v) is 7.97. The predicted octanol–water partition coefficient (Wildman–Crippen LogP) is 4.30. The first-order chi connectivity index (χ1) is 13.4. The Bertz CT molecular complexity index is 796. The van der Waals surface area contributed by atoms with Gasteiger partial charge >= 0.3 is 0 Å². The predicted molar refractivity (Wildman–Crippen MR) is 118 cm³/mol. The number of carbonyl (C=O) groups is 1. The van der Waals surface area contributed by atoms with Crippen LogP contribution in [0.3, 0.4) is 0 Å². The molecule has 1 aliphatic carbocycles. The Labute approximate surface area is 179 Å². The molecule has 3 N–H and O–H groups in total. The van der Waals surface area contributed by atoms with Crippen molar-refractivity contribution in [2.45, 2.75) is 52.0 Å². The second-order valence-electron chi connectivity index (χ2n) is 7.97. The number of rotatable bonds is 8. The van der Waals surface area contributed by atoms with Gasteiger partial charge in [0.2, 0.25) is 5.91 Å². The molecule has 2 unspecified atom stereocenters. The van der Waals surface area contributed by atoms with Crippen molar-refractivity contribution in [3.8, 4) is 0 Å². The van der Waals surface area contributed by atoms with Crippen molar-refractivity contribution in [1.29, 1.82) is 0 Å². The van der Waals surface area contributed by atoms with Crippen LogP contribution in [0.25, 0.3) is 0 Å². The number of carbonyl (C=O) groups excluding carboxylic acids is 1. The second kappa shape index (κ2) is 9.72. The summed E-state index contributed by atoms with van der Waals surface area (Å²) in [6.45, 7) is 7.66. The molecule has 0 saturated heterocycles. The molecule has 1 aliphatic rings. The molecule has 2 aromatic carbocycles. The number of amides is 1. The van der Waals surface area contributed by atoms with Crippen LogP contribution in [0.2, 0.25) is 0 Å². The van der Waals surface area contributed by atoms with Crippen molar-refractivity contribution >= 4 is 24.0 Å². The summed E-state index contributed by atoms with van der Waals surface area (Å²) in [7, 11) is 0. The first kappa shape index (κ1) is 23.4. The Hall–Kier alpha value is -1.92. The zero-order valence-electron chi connectivity index (χ0n) is 17.3. The number of halogens is 1. The minimum absolute atomic E-state index is 0. The molecule has 0 radical (unpaired) electrons. The van der Waals surface area contributed by atoms with E-state index in [9.17, 15) is 4.79 Å². The van der Waals surface area contributed by atoms with Crippen LogP contribution in [-0.4, -0.2) is 24.2 Å². The molecule has 29 heavy (non-hydrogen) atoms. The summed E-state index contributed by atoms with van der Waals surface area (Å²) in [6.07, 6.45) is 0.544. The molecule has 0 aliphatic heterocycles. The molecule has 0 heterocycles. The normalized spacial score (nSPS) is 22.3. The van der Waals surface area contributed by atoms with E-state index in [4.69, 9.17) is 15.2 Å². The van der Waals surface area contributed by atoms with Crippen LogP contribution >= 0.6 is 12.4 Å². The molecule has 0 spiro atoms. The standard InChI is InChI=1S/C23H30N2O3.ClH/c1-4-28-20-14-23(24,22(20,2)3)21(26)25-19-12-10-18(11-13-19)16-27-15-17-8-6-5-7-9-17;/h5-13,20H,4,14-16,24H2,1-3H3,(H,25,26);1H. The van der Waals surface area contributed by atoms with Crippen molar-refractivity contribution in [3.05, 3.63) is 65.7 Å². The maximum absolute atomic E-state index is 12.8. The molecule has 3 rings (SSSR count). The molecule has 1 saturated carbocycles. The lowest BCUT2D eigenvalue weighted by Crippen LogP contribution is -2.74. The highest BCUT2D eigenvalue weighted by Gasteiger charge is 2.62. The van der Waals surface area contributed by atoms with Gasteiger partial charge in [-0.2, -0.15) is 0 Å². The van der Waals surface area contributed by atoms with Gasteiger partial charge in [-0.25, -0.2) is 0 Å². The molecule has 158 valence electrons. The van der Waals surface area contributed by atoms with E-state index in [1.807, 2.05) is 75.4 Å². The Morgan fingerprint density at radius 1 is 1.07 bits per heavy atom. The summed E-state index contributed by atoms with van der Waals surface area (Å²) < 4.78 is 11.4. The Morgan fingerprint density at radius 3 is 2.21 bits per heavy atom. The van der Waals surface area contributed by atoms with Crippen LogP contribution in [0, 0.1) is 5.41 Å². The van der Waals surface area contributed by atoms with E-state index in [0.29, 0.717) is 26.2 Å². The highest BCUT2D eigenvalue weighted by Crippen LogP contribution is 2.50. The van der Waals surface area contributed by atoms with Gasteiger partial charge in [-0.05, 0) is 30.2 Å². The van der Waals surface area contributed by atoms with Crippen molar-refractivity contribution in [2.75, 3.05) is 11.9 Å². The van der Waals surface area contributed by atoms with E-state index in [2.05, 4.69) is 5.32 Å². The monoisotopic (exact) mass is 418 g/mol. The lowest BCUT2D eigenvalue weighted by Gasteiger charge is -2.57. The van der Waals surface area contributed by atoms with E-state index in [0.717, 1.165) is 16.8 Å². The summed E-state index contributed by atoms with van der Waals surface area (Å²) in [6, 6.07) is 17.8. The fourth-order valence-electron chi connectivity index (χ4n) is 3.61. The number of hydrogen-bond acceptors (Lipinski definition) is 4. The zero-order chi connectivity index (χ0) is 20.2. The lowest BCUT2D eigenvalue weighted by molar-refractivity contribution is -0.166. The molecule has 5 nitrogen and oxygen atoms in total. The third-order valence-corrected chi connectivity index (χ3v) is 5.83.